The number of oxazole rings is 1. The molecule has 1 amide bonds. The maximum atomic E-state index is 12.2. The number of hydrogen-bond acceptors (Lipinski definition) is 4. The van der Waals surface area contributed by atoms with E-state index in [1.807, 2.05) is 37.4 Å². The maximum absolute atomic E-state index is 12.2. The molecule has 0 saturated carbocycles. The molecule has 0 unspecified atom stereocenters. The van der Waals surface area contributed by atoms with Crippen molar-refractivity contribution in [3.05, 3.63) is 42.4 Å². The number of aryl methyl sites for hydroxylation is 1. The Balaban J connectivity index is 1.89. The lowest BCUT2D eigenvalue weighted by molar-refractivity contribution is -0.131. The van der Waals surface area contributed by atoms with Crippen LogP contribution in [0.5, 0.6) is 0 Å². The molecule has 23 heavy (non-hydrogen) atoms. The Morgan fingerprint density at radius 2 is 2.00 bits per heavy atom. The van der Waals surface area contributed by atoms with Crippen molar-refractivity contribution in [3.63, 3.8) is 0 Å². The van der Waals surface area contributed by atoms with E-state index in [-0.39, 0.29) is 11.3 Å². The summed E-state index contributed by atoms with van der Waals surface area (Å²) in [6, 6.07) is 9.80. The van der Waals surface area contributed by atoms with Gasteiger partial charge in [0.05, 0.1) is 6.20 Å². The molecule has 124 valence electrons. The number of aromatic nitrogens is 1. The highest BCUT2D eigenvalue weighted by atomic mass is 16.4. The minimum Gasteiger partial charge on any atom is -0.441 e. The number of hydrogen-bond donors (Lipinski definition) is 1. The van der Waals surface area contributed by atoms with Crippen LogP contribution in [0.15, 0.2) is 40.9 Å². The first-order valence-electron chi connectivity index (χ1n) is 7.85. The third kappa shape index (κ3) is 4.93. The van der Waals surface area contributed by atoms with Crippen molar-refractivity contribution in [2.75, 3.05) is 20.1 Å². The Morgan fingerprint density at radius 1 is 1.30 bits per heavy atom. The van der Waals surface area contributed by atoms with Crippen LogP contribution in [0.25, 0.3) is 11.3 Å². The van der Waals surface area contributed by atoms with E-state index in [1.165, 1.54) is 0 Å². The van der Waals surface area contributed by atoms with Crippen molar-refractivity contribution in [3.8, 4) is 11.3 Å². The summed E-state index contributed by atoms with van der Waals surface area (Å²) >= 11 is 0. The number of nitrogens with zero attached hydrogens (tertiary/aromatic N) is 2. The Labute approximate surface area is 137 Å². The zero-order valence-electron chi connectivity index (χ0n) is 14.1. The molecule has 2 aromatic rings. The lowest BCUT2D eigenvalue weighted by Gasteiger charge is -2.29. The van der Waals surface area contributed by atoms with Crippen LogP contribution in [0, 0.1) is 5.41 Å². The first-order valence-corrected chi connectivity index (χ1v) is 7.85. The fourth-order valence-corrected chi connectivity index (χ4v) is 2.36. The zero-order chi connectivity index (χ0) is 16.9. The van der Waals surface area contributed by atoms with Crippen molar-refractivity contribution in [2.45, 2.75) is 26.7 Å². The van der Waals surface area contributed by atoms with Gasteiger partial charge in [0.15, 0.2) is 11.7 Å². The van der Waals surface area contributed by atoms with Crippen LogP contribution in [0.2, 0.25) is 0 Å². The number of carbonyl (C=O) groups excluding carboxylic acids is 1. The topological polar surface area (TPSA) is 72.4 Å². The van der Waals surface area contributed by atoms with E-state index < -0.39 is 0 Å². The highest BCUT2D eigenvalue weighted by molar-refractivity contribution is 5.76. The molecule has 0 aliphatic heterocycles. The first kappa shape index (κ1) is 17.2. The first-order chi connectivity index (χ1) is 10.9. The van der Waals surface area contributed by atoms with E-state index in [0.717, 1.165) is 11.3 Å². The molecule has 0 saturated heterocycles. The molecule has 0 aliphatic carbocycles. The quantitative estimate of drug-likeness (QED) is 0.852. The summed E-state index contributed by atoms with van der Waals surface area (Å²) in [5, 5.41) is 0. The van der Waals surface area contributed by atoms with Crippen molar-refractivity contribution < 1.29 is 9.21 Å². The number of benzene rings is 1. The van der Waals surface area contributed by atoms with Crippen LogP contribution in [-0.4, -0.2) is 35.9 Å². The van der Waals surface area contributed by atoms with Crippen LogP contribution in [0.1, 0.15) is 26.2 Å². The van der Waals surface area contributed by atoms with Gasteiger partial charge in [0, 0.05) is 32.0 Å². The lowest BCUT2D eigenvalue weighted by Crippen LogP contribution is -2.39. The summed E-state index contributed by atoms with van der Waals surface area (Å²) in [5.41, 5.74) is 6.62. The second kappa shape index (κ2) is 7.42. The van der Waals surface area contributed by atoms with Gasteiger partial charge in [0.2, 0.25) is 5.91 Å². The Hall–Kier alpha value is -2.14. The summed E-state index contributed by atoms with van der Waals surface area (Å²) in [4.78, 5) is 18.2. The second-order valence-corrected chi connectivity index (χ2v) is 6.60. The lowest BCUT2D eigenvalue weighted by atomic mass is 9.93. The summed E-state index contributed by atoms with van der Waals surface area (Å²) in [6.45, 7) is 5.29. The fraction of sp³-hybridized carbons (Fsp3) is 0.444. The average Bonchev–Trinajstić information content (AvgIpc) is 3.02. The summed E-state index contributed by atoms with van der Waals surface area (Å²) in [5.74, 6) is 1.39. The molecule has 2 rings (SSSR count). The van der Waals surface area contributed by atoms with Gasteiger partial charge in [-0.3, -0.25) is 4.79 Å². The molecule has 2 N–H and O–H groups in total. The molecule has 1 heterocycles. The van der Waals surface area contributed by atoms with Gasteiger partial charge < -0.3 is 15.1 Å². The van der Waals surface area contributed by atoms with E-state index in [4.69, 9.17) is 10.2 Å². The monoisotopic (exact) mass is 315 g/mol. The van der Waals surface area contributed by atoms with Gasteiger partial charge in [0.25, 0.3) is 0 Å². The van der Waals surface area contributed by atoms with Crippen LogP contribution in [-0.2, 0) is 11.2 Å². The largest absolute Gasteiger partial charge is 0.441 e. The zero-order valence-corrected chi connectivity index (χ0v) is 14.1. The Bertz CT molecular complexity index is 635. The van der Waals surface area contributed by atoms with E-state index in [1.54, 1.807) is 11.1 Å². The van der Waals surface area contributed by atoms with E-state index >= 15 is 0 Å². The number of nitrogens with two attached hydrogens (primary N) is 1. The summed E-state index contributed by atoms with van der Waals surface area (Å²) in [7, 11) is 1.81. The SMILES string of the molecule is CN(CC(C)(C)CN)C(=O)CCc1ncc(-c2ccccc2)o1. The van der Waals surface area contributed by atoms with Gasteiger partial charge in [-0.15, -0.1) is 0 Å². The van der Waals surface area contributed by atoms with Crippen LogP contribution in [0.4, 0.5) is 0 Å². The Morgan fingerprint density at radius 3 is 2.65 bits per heavy atom. The molecule has 0 aliphatic rings. The van der Waals surface area contributed by atoms with Crippen molar-refractivity contribution in [1.82, 2.24) is 9.88 Å². The minimum absolute atomic E-state index is 0.0750. The van der Waals surface area contributed by atoms with E-state index in [0.29, 0.717) is 31.8 Å². The molecule has 5 heteroatoms. The smallest absolute Gasteiger partial charge is 0.222 e. The van der Waals surface area contributed by atoms with Gasteiger partial charge in [-0.05, 0) is 12.0 Å². The fourth-order valence-electron chi connectivity index (χ4n) is 2.36. The molecule has 1 aromatic carbocycles. The summed E-state index contributed by atoms with van der Waals surface area (Å²) < 4.78 is 5.72. The average molecular weight is 315 g/mol. The molecule has 0 fully saturated rings. The third-order valence-corrected chi connectivity index (χ3v) is 3.81. The van der Waals surface area contributed by atoms with Crippen molar-refractivity contribution in [2.24, 2.45) is 11.1 Å². The van der Waals surface area contributed by atoms with Crippen LogP contribution in [0.3, 0.4) is 0 Å². The molecule has 0 radical (unpaired) electrons. The third-order valence-electron chi connectivity index (χ3n) is 3.81. The Kier molecular flexibility index (Phi) is 5.55. The van der Waals surface area contributed by atoms with Gasteiger partial charge in [-0.2, -0.15) is 0 Å². The van der Waals surface area contributed by atoms with E-state index in [9.17, 15) is 4.79 Å². The van der Waals surface area contributed by atoms with Gasteiger partial charge in [-0.1, -0.05) is 44.2 Å². The van der Waals surface area contributed by atoms with Gasteiger partial charge in [-0.25, -0.2) is 4.98 Å². The standard InChI is InChI=1S/C18H25N3O2/c1-18(2,12-19)13-21(3)17(22)10-9-16-20-11-15(23-16)14-7-5-4-6-8-14/h4-8,11H,9-10,12-13,19H2,1-3H3. The molecule has 0 atom stereocenters. The molecule has 5 nitrogen and oxygen atoms in total. The molecule has 0 bridgehead atoms. The predicted octanol–water partition coefficient (Wildman–Crippen LogP) is 2.72. The van der Waals surface area contributed by atoms with Crippen molar-refractivity contribution >= 4 is 5.91 Å². The highest BCUT2D eigenvalue weighted by Crippen LogP contribution is 2.20. The van der Waals surface area contributed by atoms with Crippen molar-refractivity contribution in [1.29, 1.82) is 0 Å². The molecule has 0 spiro atoms. The number of amides is 1. The number of carbonyl (C=O) groups is 1. The molecular weight excluding hydrogens is 290 g/mol. The molecular formula is C18H25N3O2. The summed E-state index contributed by atoms with van der Waals surface area (Å²) in [6.07, 6.45) is 2.58. The van der Waals surface area contributed by atoms with Gasteiger partial charge in [0.1, 0.15) is 0 Å². The normalized spacial score (nSPS) is 11.5. The molecule has 1 aromatic heterocycles. The van der Waals surface area contributed by atoms with Crippen LogP contribution < -0.4 is 5.73 Å². The second-order valence-electron chi connectivity index (χ2n) is 6.60. The van der Waals surface area contributed by atoms with Crippen LogP contribution >= 0.6 is 0 Å². The maximum Gasteiger partial charge on any atom is 0.222 e. The number of rotatable bonds is 7. The minimum atomic E-state index is -0.0756. The predicted molar refractivity (Wildman–Crippen MR) is 90.7 cm³/mol. The van der Waals surface area contributed by atoms with E-state index in [2.05, 4.69) is 18.8 Å². The highest BCUT2D eigenvalue weighted by Gasteiger charge is 2.21. The van der Waals surface area contributed by atoms with Gasteiger partial charge >= 0.3 is 0 Å².